The Kier molecular flexibility index (Phi) is 7.53. The number of fused-ring (bicyclic) bond motifs is 2. The molecule has 2 aliphatic rings. The molecular formula is C19H38N2. The third-order valence-electron chi connectivity index (χ3n) is 5.98. The van der Waals surface area contributed by atoms with E-state index in [1.54, 1.807) is 0 Å². The molecule has 0 aliphatic carbocycles. The highest BCUT2D eigenvalue weighted by Gasteiger charge is 2.40. The van der Waals surface area contributed by atoms with Crippen LogP contribution in [0.25, 0.3) is 0 Å². The molecule has 0 saturated carbocycles. The second-order valence-electron chi connectivity index (χ2n) is 7.55. The minimum absolute atomic E-state index is 0.795. The highest BCUT2D eigenvalue weighted by molar-refractivity contribution is 4.96. The van der Waals surface area contributed by atoms with Gasteiger partial charge in [0.05, 0.1) is 0 Å². The first-order chi connectivity index (χ1) is 10.3. The van der Waals surface area contributed by atoms with Gasteiger partial charge < -0.3 is 10.2 Å². The van der Waals surface area contributed by atoms with Crippen LogP contribution in [-0.2, 0) is 0 Å². The summed E-state index contributed by atoms with van der Waals surface area (Å²) < 4.78 is 0. The van der Waals surface area contributed by atoms with Crippen LogP contribution in [0.3, 0.4) is 0 Å². The summed E-state index contributed by atoms with van der Waals surface area (Å²) >= 11 is 0. The summed E-state index contributed by atoms with van der Waals surface area (Å²) in [6, 6.07) is 2.57. The molecule has 0 radical (unpaired) electrons. The summed E-state index contributed by atoms with van der Waals surface area (Å²) in [5.41, 5.74) is 0. The summed E-state index contributed by atoms with van der Waals surface area (Å²) in [7, 11) is 2.36. The van der Waals surface area contributed by atoms with Crippen molar-refractivity contribution < 1.29 is 0 Å². The molecule has 2 fully saturated rings. The zero-order valence-corrected chi connectivity index (χ0v) is 14.7. The zero-order valence-electron chi connectivity index (χ0n) is 14.7. The minimum Gasteiger partial charge on any atom is -0.314 e. The molecule has 0 amide bonds. The molecular weight excluding hydrogens is 256 g/mol. The van der Waals surface area contributed by atoms with Crippen molar-refractivity contribution in [3.63, 3.8) is 0 Å². The smallest absolute Gasteiger partial charge is 0.00989 e. The first kappa shape index (κ1) is 17.3. The molecule has 0 aromatic rings. The minimum atomic E-state index is 0.795. The fourth-order valence-corrected chi connectivity index (χ4v) is 4.58. The van der Waals surface area contributed by atoms with Crippen LogP contribution in [0.5, 0.6) is 0 Å². The van der Waals surface area contributed by atoms with E-state index in [2.05, 4.69) is 31.1 Å². The Morgan fingerprint density at radius 2 is 1.62 bits per heavy atom. The van der Waals surface area contributed by atoms with Crippen molar-refractivity contribution in [3.8, 4) is 0 Å². The van der Waals surface area contributed by atoms with Gasteiger partial charge >= 0.3 is 0 Å². The number of rotatable bonds is 10. The van der Waals surface area contributed by atoms with Crippen LogP contribution in [0, 0.1) is 5.92 Å². The number of unbranched alkanes of at least 4 members (excludes halogenated alkanes) is 4. The maximum absolute atomic E-state index is 3.90. The van der Waals surface area contributed by atoms with Crippen LogP contribution in [0.4, 0.5) is 0 Å². The number of nitrogens with zero attached hydrogens (tertiary/aromatic N) is 1. The molecule has 3 unspecified atom stereocenters. The average molecular weight is 295 g/mol. The predicted octanol–water partition coefficient (Wildman–Crippen LogP) is 4.59. The van der Waals surface area contributed by atoms with Crippen molar-refractivity contribution >= 4 is 0 Å². The van der Waals surface area contributed by atoms with Gasteiger partial charge in [0.2, 0.25) is 0 Å². The molecule has 2 bridgehead atoms. The SMILES string of the molecule is CCCCCCCC(NCCC)C1CC2CCC(C1)N2C. The van der Waals surface area contributed by atoms with Crippen LogP contribution in [0.15, 0.2) is 0 Å². The lowest BCUT2D eigenvalue weighted by Crippen LogP contribution is -2.47. The molecule has 2 rings (SSSR count). The van der Waals surface area contributed by atoms with E-state index in [0.29, 0.717) is 0 Å². The van der Waals surface area contributed by atoms with E-state index >= 15 is 0 Å². The number of nitrogens with one attached hydrogen (secondary N) is 1. The van der Waals surface area contributed by atoms with Gasteiger partial charge in [0.1, 0.15) is 0 Å². The molecule has 2 aliphatic heterocycles. The van der Waals surface area contributed by atoms with Gasteiger partial charge in [-0.15, -0.1) is 0 Å². The maximum Gasteiger partial charge on any atom is 0.00989 e. The van der Waals surface area contributed by atoms with Gasteiger partial charge in [0, 0.05) is 18.1 Å². The highest BCUT2D eigenvalue weighted by Crippen LogP contribution is 2.39. The van der Waals surface area contributed by atoms with Crippen molar-refractivity contribution in [1.82, 2.24) is 10.2 Å². The van der Waals surface area contributed by atoms with E-state index < -0.39 is 0 Å². The largest absolute Gasteiger partial charge is 0.314 e. The molecule has 2 saturated heterocycles. The van der Waals surface area contributed by atoms with E-state index in [4.69, 9.17) is 0 Å². The highest BCUT2D eigenvalue weighted by atomic mass is 15.2. The van der Waals surface area contributed by atoms with Crippen LogP contribution in [-0.4, -0.2) is 36.6 Å². The van der Waals surface area contributed by atoms with Crippen LogP contribution < -0.4 is 5.32 Å². The predicted molar refractivity (Wildman–Crippen MR) is 92.8 cm³/mol. The second-order valence-corrected chi connectivity index (χ2v) is 7.55. The van der Waals surface area contributed by atoms with E-state index in [9.17, 15) is 0 Å². The van der Waals surface area contributed by atoms with Gasteiger partial charge in [-0.05, 0) is 58.0 Å². The van der Waals surface area contributed by atoms with Crippen molar-refractivity contribution in [2.75, 3.05) is 13.6 Å². The Morgan fingerprint density at radius 3 is 2.24 bits per heavy atom. The van der Waals surface area contributed by atoms with E-state index in [1.807, 2.05) is 0 Å². The van der Waals surface area contributed by atoms with Crippen molar-refractivity contribution in [3.05, 3.63) is 0 Å². The maximum atomic E-state index is 3.90. The van der Waals surface area contributed by atoms with E-state index in [-0.39, 0.29) is 0 Å². The van der Waals surface area contributed by atoms with Crippen LogP contribution in [0.1, 0.15) is 84.5 Å². The lowest BCUT2D eigenvalue weighted by atomic mass is 9.83. The van der Waals surface area contributed by atoms with Crippen LogP contribution in [0.2, 0.25) is 0 Å². The first-order valence-corrected chi connectivity index (χ1v) is 9.71. The van der Waals surface area contributed by atoms with Gasteiger partial charge in [-0.1, -0.05) is 46.0 Å². The average Bonchev–Trinajstić information content (AvgIpc) is 2.72. The molecule has 2 nitrogen and oxygen atoms in total. The van der Waals surface area contributed by atoms with Gasteiger partial charge in [-0.2, -0.15) is 0 Å². The van der Waals surface area contributed by atoms with Gasteiger partial charge in [-0.3, -0.25) is 0 Å². The second kappa shape index (κ2) is 9.15. The quantitative estimate of drug-likeness (QED) is 0.593. The van der Waals surface area contributed by atoms with Gasteiger partial charge in [-0.25, -0.2) is 0 Å². The zero-order chi connectivity index (χ0) is 15.1. The Hall–Kier alpha value is -0.0800. The Balaban J connectivity index is 1.78. The molecule has 124 valence electrons. The molecule has 21 heavy (non-hydrogen) atoms. The normalized spacial score (nSPS) is 30.7. The Bertz CT molecular complexity index is 265. The standard InChI is InChI=1S/C19H38N2/c1-4-6-7-8-9-10-19(20-13-5-2)16-14-17-11-12-18(15-16)21(17)3/h16-20H,4-15H2,1-3H3. The number of piperidine rings is 1. The summed E-state index contributed by atoms with van der Waals surface area (Å²) in [4.78, 5) is 2.68. The summed E-state index contributed by atoms with van der Waals surface area (Å²) in [6.45, 7) is 5.81. The van der Waals surface area contributed by atoms with Crippen molar-refractivity contribution in [2.45, 2.75) is 103 Å². The lowest BCUT2D eigenvalue weighted by Gasteiger charge is -2.40. The van der Waals surface area contributed by atoms with Gasteiger partial charge in [0.25, 0.3) is 0 Å². The lowest BCUT2D eigenvalue weighted by molar-refractivity contribution is 0.109. The first-order valence-electron chi connectivity index (χ1n) is 9.71. The Morgan fingerprint density at radius 1 is 0.952 bits per heavy atom. The molecule has 0 spiro atoms. The molecule has 0 aromatic carbocycles. The van der Waals surface area contributed by atoms with Crippen LogP contribution >= 0.6 is 0 Å². The summed E-state index contributed by atoms with van der Waals surface area (Å²) in [5.74, 6) is 0.941. The van der Waals surface area contributed by atoms with E-state index in [1.165, 1.54) is 77.2 Å². The summed E-state index contributed by atoms with van der Waals surface area (Å²) in [6.07, 6.45) is 15.6. The molecule has 2 heterocycles. The number of hydrogen-bond acceptors (Lipinski definition) is 2. The third-order valence-corrected chi connectivity index (χ3v) is 5.98. The monoisotopic (exact) mass is 294 g/mol. The van der Waals surface area contributed by atoms with E-state index in [0.717, 1.165) is 24.0 Å². The van der Waals surface area contributed by atoms with Crippen molar-refractivity contribution in [2.24, 2.45) is 5.92 Å². The van der Waals surface area contributed by atoms with Gasteiger partial charge in [0.15, 0.2) is 0 Å². The third kappa shape index (κ3) is 4.96. The topological polar surface area (TPSA) is 15.3 Å². The molecule has 2 heteroatoms. The molecule has 1 N–H and O–H groups in total. The fourth-order valence-electron chi connectivity index (χ4n) is 4.58. The van der Waals surface area contributed by atoms with Crippen molar-refractivity contribution in [1.29, 1.82) is 0 Å². The molecule has 0 aromatic heterocycles. The fraction of sp³-hybridized carbons (Fsp3) is 1.00. The molecule has 3 atom stereocenters. The Labute approximate surface area is 133 Å². The number of hydrogen-bond donors (Lipinski definition) is 1. The summed E-state index contributed by atoms with van der Waals surface area (Å²) in [5, 5.41) is 3.90.